The summed E-state index contributed by atoms with van der Waals surface area (Å²) >= 11 is 0. The van der Waals surface area contributed by atoms with Crippen LogP contribution in [0.25, 0.3) is 11.0 Å². The lowest BCUT2D eigenvalue weighted by atomic mass is 10.1. The van der Waals surface area contributed by atoms with E-state index in [1.807, 2.05) is 20.9 Å². The average Bonchev–Trinajstić information content (AvgIpc) is 3.02. The number of hydrogen-bond acceptors (Lipinski definition) is 4. The van der Waals surface area contributed by atoms with Crippen molar-refractivity contribution in [1.82, 2.24) is 14.8 Å². The molecule has 5 nitrogen and oxygen atoms in total. The molecule has 3 rings (SSSR count). The van der Waals surface area contributed by atoms with Crippen LogP contribution in [0.4, 0.5) is 0 Å². The molecule has 1 aliphatic carbocycles. The molecule has 0 N–H and O–H groups in total. The smallest absolute Gasteiger partial charge is 0.339 e. The van der Waals surface area contributed by atoms with Crippen LogP contribution in [0, 0.1) is 25.7 Å². The van der Waals surface area contributed by atoms with Crippen LogP contribution in [0.2, 0.25) is 0 Å². The highest BCUT2D eigenvalue weighted by atomic mass is 16.5. The molecule has 2 heterocycles. The molecule has 1 fully saturated rings. The van der Waals surface area contributed by atoms with Crippen molar-refractivity contribution in [2.75, 3.05) is 6.61 Å². The van der Waals surface area contributed by atoms with Gasteiger partial charge in [0, 0.05) is 12.7 Å². The highest BCUT2D eigenvalue weighted by molar-refractivity contribution is 6.03. The van der Waals surface area contributed by atoms with E-state index in [1.54, 1.807) is 10.7 Å². The molecule has 106 valence electrons. The molecular formula is C15H19N3O2. The third kappa shape index (κ3) is 2.17. The molecule has 0 aliphatic heterocycles. The minimum atomic E-state index is -0.268. The van der Waals surface area contributed by atoms with Crippen LogP contribution in [0.3, 0.4) is 0 Å². The summed E-state index contributed by atoms with van der Waals surface area (Å²) in [4.78, 5) is 16.8. The molecule has 0 bridgehead atoms. The minimum Gasteiger partial charge on any atom is -0.462 e. The van der Waals surface area contributed by atoms with Crippen molar-refractivity contribution in [2.45, 2.75) is 27.2 Å². The normalized spacial score (nSPS) is 21.2. The highest BCUT2D eigenvalue weighted by Gasteiger charge is 2.34. The molecule has 1 aliphatic rings. The van der Waals surface area contributed by atoms with Crippen molar-refractivity contribution < 1.29 is 9.53 Å². The van der Waals surface area contributed by atoms with Crippen molar-refractivity contribution >= 4 is 17.0 Å². The maximum absolute atomic E-state index is 12.3. The fraction of sp³-hybridized carbons (Fsp3) is 0.533. The Balaban J connectivity index is 1.95. The molecule has 20 heavy (non-hydrogen) atoms. The number of aryl methyl sites for hydroxylation is 3. The van der Waals surface area contributed by atoms with Gasteiger partial charge in [-0.25, -0.2) is 9.78 Å². The maximum Gasteiger partial charge on any atom is 0.339 e. The molecule has 0 radical (unpaired) electrons. The third-order valence-electron chi connectivity index (χ3n) is 4.02. The van der Waals surface area contributed by atoms with Crippen molar-refractivity contribution in [2.24, 2.45) is 18.9 Å². The SMILES string of the molecule is Cc1cc(C(=O)OC[C@@H]2C[C@@H]2C)c2c(C)nn(C)c2n1. The Kier molecular flexibility index (Phi) is 3.00. The van der Waals surface area contributed by atoms with Crippen molar-refractivity contribution in [3.63, 3.8) is 0 Å². The van der Waals surface area contributed by atoms with Gasteiger partial charge in [0.2, 0.25) is 0 Å². The first kappa shape index (κ1) is 13.1. The number of hydrogen-bond donors (Lipinski definition) is 0. The molecule has 5 heteroatoms. The minimum absolute atomic E-state index is 0.268. The lowest BCUT2D eigenvalue weighted by Gasteiger charge is -2.07. The molecule has 0 unspecified atom stereocenters. The second kappa shape index (κ2) is 4.58. The number of ether oxygens (including phenoxy) is 1. The Morgan fingerprint density at radius 2 is 2.20 bits per heavy atom. The van der Waals surface area contributed by atoms with E-state index in [9.17, 15) is 4.79 Å². The number of pyridine rings is 1. The molecule has 2 atom stereocenters. The molecule has 2 aromatic rings. The summed E-state index contributed by atoms with van der Waals surface area (Å²) in [6.45, 7) is 6.46. The van der Waals surface area contributed by atoms with Gasteiger partial charge in [0.25, 0.3) is 0 Å². The van der Waals surface area contributed by atoms with E-state index in [1.165, 1.54) is 0 Å². The summed E-state index contributed by atoms with van der Waals surface area (Å²) in [6.07, 6.45) is 1.16. The van der Waals surface area contributed by atoms with Gasteiger partial charge in [-0.05, 0) is 38.2 Å². The Morgan fingerprint density at radius 3 is 2.85 bits per heavy atom. The molecular weight excluding hydrogens is 254 g/mol. The van der Waals surface area contributed by atoms with Gasteiger partial charge in [-0.1, -0.05) is 6.92 Å². The fourth-order valence-electron chi connectivity index (χ4n) is 2.62. The van der Waals surface area contributed by atoms with Crippen LogP contribution < -0.4 is 0 Å². The highest BCUT2D eigenvalue weighted by Crippen LogP contribution is 2.37. The molecule has 0 spiro atoms. The first-order chi connectivity index (χ1) is 9.47. The van der Waals surface area contributed by atoms with Crippen LogP contribution >= 0.6 is 0 Å². The zero-order chi connectivity index (χ0) is 14.4. The molecule has 1 saturated carbocycles. The summed E-state index contributed by atoms with van der Waals surface area (Å²) in [5.41, 5.74) is 2.91. The van der Waals surface area contributed by atoms with Gasteiger partial charge in [-0.3, -0.25) is 4.68 Å². The van der Waals surface area contributed by atoms with Gasteiger partial charge in [0.1, 0.15) is 0 Å². The Hall–Kier alpha value is -1.91. The largest absolute Gasteiger partial charge is 0.462 e. The lowest BCUT2D eigenvalue weighted by Crippen LogP contribution is -2.10. The second-order valence-electron chi connectivity index (χ2n) is 5.79. The second-order valence-corrected chi connectivity index (χ2v) is 5.79. The molecule has 0 amide bonds. The van der Waals surface area contributed by atoms with E-state index in [2.05, 4.69) is 17.0 Å². The Bertz CT molecular complexity index is 690. The zero-order valence-electron chi connectivity index (χ0n) is 12.3. The Morgan fingerprint density at radius 1 is 1.50 bits per heavy atom. The van der Waals surface area contributed by atoms with Gasteiger partial charge in [-0.2, -0.15) is 5.10 Å². The van der Waals surface area contributed by atoms with Crippen molar-refractivity contribution in [3.05, 3.63) is 23.0 Å². The molecule has 0 aromatic carbocycles. The van der Waals surface area contributed by atoms with Gasteiger partial charge in [-0.15, -0.1) is 0 Å². The van der Waals surface area contributed by atoms with E-state index >= 15 is 0 Å². The van der Waals surface area contributed by atoms with Gasteiger partial charge >= 0.3 is 5.97 Å². The first-order valence-electron chi connectivity index (χ1n) is 6.95. The summed E-state index contributed by atoms with van der Waals surface area (Å²) in [7, 11) is 1.84. The lowest BCUT2D eigenvalue weighted by molar-refractivity contribution is 0.0483. The van der Waals surface area contributed by atoms with Gasteiger partial charge in [0.05, 0.1) is 23.3 Å². The zero-order valence-corrected chi connectivity index (χ0v) is 12.3. The number of fused-ring (bicyclic) bond motifs is 1. The van der Waals surface area contributed by atoms with Crippen LogP contribution in [0.15, 0.2) is 6.07 Å². The third-order valence-corrected chi connectivity index (χ3v) is 4.02. The fourth-order valence-corrected chi connectivity index (χ4v) is 2.62. The number of aromatic nitrogens is 3. The number of carbonyl (C=O) groups excluding carboxylic acids is 1. The topological polar surface area (TPSA) is 57.0 Å². The monoisotopic (exact) mass is 273 g/mol. The first-order valence-corrected chi connectivity index (χ1v) is 6.95. The van der Waals surface area contributed by atoms with E-state index in [-0.39, 0.29) is 5.97 Å². The van der Waals surface area contributed by atoms with Crippen LogP contribution in [-0.4, -0.2) is 27.3 Å². The van der Waals surface area contributed by atoms with E-state index in [0.717, 1.165) is 28.8 Å². The van der Waals surface area contributed by atoms with E-state index in [4.69, 9.17) is 4.74 Å². The van der Waals surface area contributed by atoms with Gasteiger partial charge in [0.15, 0.2) is 5.65 Å². The average molecular weight is 273 g/mol. The summed E-state index contributed by atoms with van der Waals surface area (Å²) in [5, 5.41) is 5.14. The van der Waals surface area contributed by atoms with Crippen LogP contribution in [-0.2, 0) is 11.8 Å². The summed E-state index contributed by atoms with van der Waals surface area (Å²) in [6, 6.07) is 1.79. The van der Waals surface area contributed by atoms with Crippen LogP contribution in [0.1, 0.15) is 35.1 Å². The number of rotatable bonds is 3. The number of nitrogens with zero attached hydrogens (tertiary/aromatic N) is 3. The predicted octanol–water partition coefficient (Wildman–Crippen LogP) is 2.40. The maximum atomic E-state index is 12.3. The quantitative estimate of drug-likeness (QED) is 0.806. The van der Waals surface area contributed by atoms with E-state index < -0.39 is 0 Å². The summed E-state index contributed by atoms with van der Waals surface area (Å²) < 4.78 is 7.15. The Labute approximate surface area is 117 Å². The molecule has 2 aromatic heterocycles. The van der Waals surface area contributed by atoms with Gasteiger partial charge < -0.3 is 4.74 Å². The molecule has 0 saturated heterocycles. The van der Waals surface area contributed by atoms with Crippen LogP contribution in [0.5, 0.6) is 0 Å². The number of carbonyl (C=O) groups is 1. The summed E-state index contributed by atoms with van der Waals surface area (Å²) in [5.74, 6) is 0.949. The van der Waals surface area contributed by atoms with Crippen molar-refractivity contribution in [1.29, 1.82) is 0 Å². The van der Waals surface area contributed by atoms with Crippen molar-refractivity contribution in [3.8, 4) is 0 Å². The standard InChI is InChI=1S/C15H19N3O2/c1-8-5-11(8)7-20-15(19)12-6-9(2)16-14-13(12)10(3)17-18(14)4/h6,8,11H,5,7H2,1-4H3/t8-,11-/m0/s1. The predicted molar refractivity (Wildman–Crippen MR) is 75.5 cm³/mol. The number of esters is 1. The van der Waals surface area contributed by atoms with E-state index in [0.29, 0.717) is 24.0 Å².